The van der Waals surface area contributed by atoms with Crippen LogP contribution in [0.2, 0.25) is 19.6 Å². The molecule has 1 fully saturated rings. The van der Waals surface area contributed by atoms with Crippen LogP contribution in [0, 0.1) is 11.5 Å². The zero-order valence-electron chi connectivity index (χ0n) is 14.1. The first-order valence-corrected chi connectivity index (χ1v) is 11.2. The first kappa shape index (κ1) is 18.7. The fraction of sp³-hybridized carbons (Fsp3) is 0.750. The Hall–Kier alpha value is -1.32. The Morgan fingerprint density at radius 2 is 1.91 bits per heavy atom. The molecule has 6 heteroatoms. The molecule has 1 heterocycles. The molecule has 0 saturated carbocycles. The van der Waals surface area contributed by atoms with Gasteiger partial charge in [-0.3, -0.25) is 9.59 Å². The van der Waals surface area contributed by atoms with Gasteiger partial charge >= 0.3 is 11.9 Å². The highest BCUT2D eigenvalue weighted by Gasteiger charge is 2.31. The molecule has 0 amide bonds. The molecule has 0 aromatic rings. The quantitative estimate of drug-likeness (QED) is 0.451. The van der Waals surface area contributed by atoms with Gasteiger partial charge in [0.25, 0.3) is 0 Å². The summed E-state index contributed by atoms with van der Waals surface area (Å²) in [4.78, 5) is 22.2. The number of hydrogen-bond donors (Lipinski definition) is 0. The number of esters is 2. The SMILES string of the molecule is CC(=O)OC[C@H](OC(C)=O)[C@@H]1CCC[C@H](C#C[Si](C)(C)C)O1. The molecule has 0 spiro atoms. The molecule has 0 aliphatic carbocycles. The predicted octanol–water partition coefficient (Wildman–Crippen LogP) is 2.30. The van der Waals surface area contributed by atoms with Crippen LogP contribution < -0.4 is 0 Å². The Kier molecular flexibility index (Phi) is 7.10. The summed E-state index contributed by atoms with van der Waals surface area (Å²) in [6, 6.07) is 0. The molecule has 0 unspecified atom stereocenters. The number of rotatable bonds is 4. The minimum atomic E-state index is -1.44. The van der Waals surface area contributed by atoms with Gasteiger partial charge in [0.1, 0.15) is 20.8 Å². The Bertz CT molecular complexity index is 457. The van der Waals surface area contributed by atoms with Crippen LogP contribution in [0.25, 0.3) is 0 Å². The van der Waals surface area contributed by atoms with E-state index in [0.717, 1.165) is 19.3 Å². The first-order chi connectivity index (χ1) is 10.2. The second kappa shape index (κ2) is 8.35. The van der Waals surface area contributed by atoms with Crippen molar-refractivity contribution in [1.29, 1.82) is 0 Å². The normalized spacial score (nSPS) is 23.0. The van der Waals surface area contributed by atoms with Gasteiger partial charge in [0.05, 0.1) is 6.10 Å². The summed E-state index contributed by atoms with van der Waals surface area (Å²) in [7, 11) is -1.44. The minimum Gasteiger partial charge on any atom is -0.462 e. The molecular formula is C16H26O5Si. The van der Waals surface area contributed by atoms with Crippen molar-refractivity contribution < 1.29 is 23.8 Å². The van der Waals surface area contributed by atoms with Crippen LogP contribution >= 0.6 is 0 Å². The lowest BCUT2D eigenvalue weighted by molar-refractivity contribution is -0.172. The van der Waals surface area contributed by atoms with Crippen LogP contribution in [-0.2, 0) is 23.8 Å². The van der Waals surface area contributed by atoms with Crippen molar-refractivity contribution in [3.05, 3.63) is 0 Å². The van der Waals surface area contributed by atoms with Gasteiger partial charge in [-0.05, 0) is 19.3 Å². The number of carbonyl (C=O) groups excluding carboxylic acids is 2. The summed E-state index contributed by atoms with van der Waals surface area (Å²) >= 11 is 0. The monoisotopic (exact) mass is 326 g/mol. The third-order valence-electron chi connectivity index (χ3n) is 3.09. The van der Waals surface area contributed by atoms with E-state index in [-0.39, 0.29) is 18.8 Å². The molecule has 1 rings (SSSR count). The smallest absolute Gasteiger partial charge is 0.303 e. The summed E-state index contributed by atoms with van der Waals surface area (Å²) in [5.74, 6) is 2.40. The molecule has 1 saturated heterocycles. The maximum absolute atomic E-state index is 11.2. The molecular weight excluding hydrogens is 300 g/mol. The third kappa shape index (κ3) is 7.62. The maximum Gasteiger partial charge on any atom is 0.303 e. The zero-order chi connectivity index (χ0) is 16.8. The van der Waals surface area contributed by atoms with Crippen molar-refractivity contribution >= 4 is 20.0 Å². The molecule has 1 aliphatic rings. The molecule has 0 aromatic heterocycles. The van der Waals surface area contributed by atoms with Crippen LogP contribution in [0.4, 0.5) is 0 Å². The van der Waals surface area contributed by atoms with E-state index in [2.05, 4.69) is 31.1 Å². The highest BCUT2D eigenvalue weighted by molar-refractivity contribution is 6.83. The Morgan fingerprint density at radius 1 is 1.23 bits per heavy atom. The zero-order valence-corrected chi connectivity index (χ0v) is 15.1. The largest absolute Gasteiger partial charge is 0.462 e. The van der Waals surface area contributed by atoms with E-state index in [0.29, 0.717) is 0 Å². The van der Waals surface area contributed by atoms with Gasteiger partial charge in [0.2, 0.25) is 0 Å². The standard InChI is InChI=1S/C16H26O5Si/c1-12(17)19-11-16(20-13(2)18)15-8-6-7-14(21-15)9-10-22(3,4)5/h14-16H,6-8,11H2,1-5H3/t14-,15+,16+/m1/s1. The van der Waals surface area contributed by atoms with Crippen molar-refractivity contribution in [3.63, 3.8) is 0 Å². The van der Waals surface area contributed by atoms with E-state index in [4.69, 9.17) is 14.2 Å². The van der Waals surface area contributed by atoms with Crippen molar-refractivity contribution in [1.82, 2.24) is 0 Å². The Labute approximate surface area is 133 Å². The highest BCUT2D eigenvalue weighted by Crippen LogP contribution is 2.23. The van der Waals surface area contributed by atoms with Crippen LogP contribution in [0.5, 0.6) is 0 Å². The Balaban J connectivity index is 2.70. The van der Waals surface area contributed by atoms with Gasteiger partial charge < -0.3 is 14.2 Å². The van der Waals surface area contributed by atoms with Crippen LogP contribution in [0.1, 0.15) is 33.1 Å². The molecule has 5 nitrogen and oxygen atoms in total. The fourth-order valence-electron chi connectivity index (χ4n) is 2.16. The van der Waals surface area contributed by atoms with Crippen LogP contribution in [0.15, 0.2) is 0 Å². The molecule has 0 aromatic carbocycles. The number of hydrogen-bond acceptors (Lipinski definition) is 5. The highest BCUT2D eigenvalue weighted by atomic mass is 28.3. The average molecular weight is 326 g/mol. The fourth-order valence-corrected chi connectivity index (χ4v) is 2.75. The average Bonchev–Trinajstić information content (AvgIpc) is 2.40. The van der Waals surface area contributed by atoms with Crippen molar-refractivity contribution in [2.75, 3.05) is 6.61 Å². The van der Waals surface area contributed by atoms with E-state index in [1.807, 2.05) is 0 Å². The van der Waals surface area contributed by atoms with Gasteiger partial charge in [-0.15, -0.1) is 5.54 Å². The second-order valence-corrected chi connectivity index (χ2v) is 11.3. The second-order valence-electron chi connectivity index (χ2n) is 6.56. The molecule has 3 atom stereocenters. The number of carbonyl (C=O) groups is 2. The summed E-state index contributed by atoms with van der Waals surface area (Å²) in [5.41, 5.74) is 3.31. The molecule has 124 valence electrons. The van der Waals surface area contributed by atoms with E-state index in [1.165, 1.54) is 13.8 Å². The van der Waals surface area contributed by atoms with Crippen LogP contribution in [-0.4, -0.2) is 44.9 Å². The summed E-state index contributed by atoms with van der Waals surface area (Å²) in [6.07, 6.45) is 1.61. The summed E-state index contributed by atoms with van der Waals surface area (Å²) in [6.45, 7) is 9.24. The van der Waals surface area contributed by atoms with Gasteiger partial charge in [0, 0.05) is 13.8 Å². The van der Waals surface area contributed by atoms with E-state index in [9.17, 15) is 9.59 Å². The molecule has 0 radical (unpaired) electrons. The Morgan fingerprint density at radius 3 is 2.45 bits per heavy atom. The molecule has 1 aliphatic heterocycles. The summed E-state index contributed by atoms with van der Waals surface area (Å²) < 4.78 is 16.2. The van der Waals surface area contributed by atoms with Crippen LogP contribution in [0.3, 0.4) is 0 Å². The molecule has 0 N–H and O–H groups in total. The first-order valence-electron chi connectivity index (χ1n) is 7.66. The van der Waals surface area contributed by atoms with Gasteiger partial charge in [-0.2, -0.15) is 0 Å². The lowest BCUT2D eigenvalue weighted by Crippen LogP contribution is -2.41. The van der Waals surface area contributed by atoms with E-state index < -0.39 is 26.1 Å². The van der Waals surface area contributed by atoms with Crippen molar-refractivity contribution in [3.8, 4) is 11.5 Å². The van der Waals surface area contributed by atoms with Gasteiger partial charge in [-0.25, -0.2) is 0 Å². The van der Waals surface area contributed by atoms with Gasteiger partial charge in [0.15, 0.2) is 6.10 Å². The molecule has 0 bridgehead atoms. The molecule has 22 heavy (non-hydrogen) atoms. The summed E-state index contributed by atoms with van der Waals surface area (Å²) in [5, 5.41) is 0. The van der Waals surface area contributed by atoms with Gasteiger partial charge in [-0.1, -0.05) is 25.6 Å². The minimum absolute atomic E-state index is 0.0216. The maximum atomic E-state index is 11.2. The third-order valence-corrected chi connectivity index (χ3v) is 3.98. The van der Waals surface area contributed by atoms with E-state index >= 15 is 0 Å². The lowest BCUT2D eigenvalue weighted by atomic mass is 10.0. The topological polar surface area (TPSA) is 61.8 Å². The van der Waals surface area contributed by atoms with Crippen molar-refractivity contribution in [2.24, 2.45) is 0 Å². The van der Waals surface area contributed by atoms with E-state index in [1.54, 1.807) is 0 Å². The lowest BCUT2D eigenvalue weighted by Gasteiger charge is -2.32. The predicted molar refractivity (Wildman–Crippen MR) is 85.8 cm³/mol. The van der Waals surface area contributed by atoms with Crippen molar-refractivity contribution in [2.45, 2.75) is 71.1 Å². The number of ether oxygens (including phenoxy) is 3.